The monoisotopic (exact) mass is 554 g/mol. The van der Waals surface area contributed by atoms with Gasteiger partial charge in [-0.3, -0.25) is 14.3 Å². The van der Waals surface area contributed by atoms with E-state index >= 15 is 0 Å². The molecule has 2 amide bonds. The average molecular weight is 556 g/mol. The smallest absolute Gasteiger partial charge is 0.328 e. The van der Waals surface area contributed by atoms with Crippen molar-refractivity contribution in [3.63, 3.8) is 0 Å². The van der Waals surface area contributed by atoms with Crippen LogP contribution in [0.1, 0.15) is 51.1 Å². The van der Waals surface area contributed by atoms with E-state index in [9.17, 15) is 18.6 Å². The van der Waals surface area contributed by atoms with Gasteiger partial charge >= 0.3 is 5.97 Å². The van der Waals surface area contributed by atoms with Crippen LogP contribution in [0.25, 0.3) is 0 Å². The van der Waals surface area contributed by atoms with E-state index < -0.39 is 34.8 Å². The molecule has 4 atom stereocenters. The molecule has 1 aliphatic heterocycles. The molecule has 196 valence electrons. The maximum absolute atomic E-state index is 13.3. The van der Waals surface area contributed by atoms with Crippen LogP contribution >= 0.6 is 23.2 Å². The second kappa shape index (κ2) is 15.0. The van der Waals surface area contributed by atoms with Crippen LogP contribution in [0.3, 0.4) is 0 Å². The Morgan fingerprint density at radius 2 is 1.67 bits per heavy atom. The quantitative estimate of drug-likeness (QED) is 0.458. The molecule has 1 N–H and O–H groups in total. The Bertz CT molecular complexity index is 1040. The van der Waals surface area contributed by atoms with Crippen molar-refractivity contribution in [2.45, 2.75) is 51.6 Å². The molecule has 1 heterocycles. The summed E-state index contributed by atoms with van der Waals surface area (Å²) in [6.45, 7) is 3.76. The van der Waals surface area contributed by atoms with Crippen molar-refractivity contribution in [1.29, 1.82) is 0 Å². The number of likely N-dealkylation sites (tertiary alicyclic amines) is 1. The molecule has 0 saturated carbocycles. The second-order valence-electron chi connectivity index (χ2n) is 8.24. The Hall–Kier alpha value is -2.42. The predicted octanol–water partition coefficient (Wildman–Crippen LogP) is 5.10. The lowest BCUT2D eigenvalue weighted by atomic mass is 9.85. The Labute approximate surface area is 225 Å². The van der Waals surface area contributed by atoms with E-state index in [0.29, 0.717) is 24.3 Å². The molecule has 0 radical (unpaired) electrons. The molecule has 2 aromatic carbocycles. The highest BCUT2D eigenvalue weighted by Crippen LogP contribution is 2.38. The van der Waals surface area contributed by atoms with Crippen LogP contribution in [0.5, 0.6) is 0 Å². The zero-order chi connectivity index (χ0) is 26.7. The standard InChI is InChI=1S/C20H27ClN2O5S.C6H5Cl/c1-4-16(20(26)28-5-2)23-17(13-6-9-15(21)10-7-13)11-8-14(19(23)25)12-18(24)22-29(3)27;7-6-4-2-1-3-5-6/h6-7,9-10,14,16-17H,4-5,8,11-12H2,1-3H3,(H,22,24);1-5H/t14?,16?,17-,29?;/m0./s1. The van der Waals surface area contributed by atoms with Gasteiger partial charge < -0.3 is 9.64 Å². The van der Waals surface area contributed by atoms with Crippen LogP contribution in [0.4, 0.5) is 0 Å². The van der Waals surface area contributed by atoms with E-state index in [1.54, 1.807) is 24.0 Å². The fourth-order valence-corrected chi connectivity index (χ4v) is 4.79. The number of nitrogens with zero attached hydrogens (tertiary/aromatic N) is 1. The molecule has 36 heavy (non-hydrogen) atoms. The Kier molecular flexibility index (Phi) is 12.4. The van der Waals surface area contributed by atoms with Crippen molar-refractivity contribution in [1.82, 2.24) is 9.62 Å². The van der Waals surface area contributed by atoms with Crippen LogP contribution < -0.4 is 4.72 Å². The predicted molar refractivity (Wildman–Crippen MR) is 143 cm³/mol. The molecule has 2 aromatic rings. The molecular weight excluding hydrogens is 523 g/mol. The lowest BCUT2D eigenvalue weighted by Gasteiger charge is -2.43. The summed E-state index contributed by atoms with van der Waals surface area (Å²) in [6.07, 6.45) is 2.77. The number of piperidine rings is 1. The van der Waals surface area contributed by atoms with E-state index in [2.05, 4.69) is 4.72 Å². The molecule has 10 heteroatoms. The third-order valence-electron chi connectivity index (χ3n) is 5.69. The highest BCUT2D eigenvalue weighted by molar-refractivity contribution is 7.82. The molecule has 0 aliphatic carbocycles. The Balaban J connectivity index is 0.000000558. The van der Waals surface area contributed by atoms with Crippen molar-refractivity contribution >= 4 is 52.0 Å². The molecular formula is C26H32Cl2N2O5S. The van der Waals surface area contributed by atoms with E-state index in [1.165, 1.54) is 6.26 Å². The van der Waals surface area contributed by atoms with Crippen LogP contribution in [-0.2, 0) is 30.1 Å². The zero-order valence-corrected chi connectivity index (χ0v) is 22.9. The molecule has 1 aliphatic rings. The van der Waals surface area contributed by atoms with Crippen molar-refractivity contribution < 1.29 is 23.3 Å². The van der Waals surface area contributed by atoms with Gasteiger partial charge in [-0.25, -0.2) is 9.00 Å². The average Bonchev–Trinajstić information content (AvgIpc) is 2.83. The number of nitrogens with one attached hydrogen (secondary N) is 1. The van der Waals surface area contributed by atoms with Gasteiger partial charge in [0.05, 0.1) is 12.6 Å². The number of benzene rings is 2. The molecule has 3 rings (SSSR count). The lowest BCUT2D eigenvalue weighted by Crippen LogP contribution is -2.52. The van der Waals surface area contributed by atoms with Crippen LogP contribution in [0.2, 0.25) is 10.0 Å². The first kappa shape index (κ1) is 29.8. The van der Waals surface area contributed by atoms with Gasteiger partial charge in [-0.1, -0.05) is 60.5 Å². The Morgan fingerprint density at radius 3 is 2.17 bits per heavy atom. The van der Waals surface area contributed by atoms with Gasteiger partial charge in [-0.15, -0.1) is 0 Å². The first-order valence-electron chi connectivity index (χ1n) is 11.8. The van der Waals surface area contributed by atoms with E-state index in [1.807, 2.05) is 49.4 Å². The largest absolute Gasteiger partial charge is 0.464 e. The number of amides is 2. The summed E-state index contributed by atoms with van der Waals surface area (Å²) in [5, 5.41) is 1.38. The maximum Gasteiger partial charge on any atom is 0.328 e. The summed E-state index contributed by atoms with van der Waals surface area (Å²) in [5.41, 5.74) is 0.878. The number of esters is 1. The normalized spacial score (nSPS) is 18.9. The first-order valence-corrected chi connectivity index (χ1v) is 14.1. The van der Waals surface area contributed by atoms with Gasteiger partial charge in [0.25, 0.3) is 0 Å². The topological polar surface area (TPSA) is 92.8 Å². The number of hydrogen-bond acceptors (Lipinski definition) is 5. The number of halogens is 2. The molecule has 7 nitrogen and oxygen atoms in total. The number of carbonyl (C=O) groups excluding carboxylic acids is 3. The zero-order valence-electron chi connectivity index (χ0n) is 20.6. The molecule has 0 spiro atoms. The van der Waals surface area contributed by atoms with Crippen molar-refractivity contribution in [2.75, 3.05) is 12.9 Å². The summed E-state index contributed by atoms with van der Waals surface area (Å²) in [6, 6.07) is 15.6. The Morgan fingerprint density at radius 1 is 1.06 bits per heavy atom. The van der Waals surface area contributed by atoms with Crippen molar-refractivity contribution in [3.05, 3.63) is 70.2 Å². The van der Waals surface area contributed by atoms with Gasteiger partial charge in [-0.05, 0) is 56.0 Å². The lowest BCUT2D eigenvalue weighted by molar-refractivity contribution is -0.162. The van der Waals surface area contributed by atoms with Crippen LogP contribution in [-0.4, -0.2) is 45.8 Å². The molecule has 3 unspecified atom stereocenters. The number of hydrogen-bond donors (Lipinski definition) is 1. The number of ether oxygens (including phenoxy) is 1. The van der Waals surface area contributed by atoms with Crippen molar-refractivity contribution in [2.24, 2.45) is 5.92 Å². The van der Waals surface area contributed by atoms with Crippen LogP contribution in [0, 0.1) is 5.92 Å². The highest BCUT2D eigenvalue weighted by Gasteiger charge is 2.42. The third kappa shape index (κ3) is 8.91. The fourth-order valence-electron chi connectivity index (χ4n) is 4.11. The van der Waals surface area contributed by atoms with Crippen LogP contribution in [0.15, 0.2) is 54.6 Å². The first-order chi connectivity index (χ1) is 17.2. The molecule has 0 aromatic heterocycles. The van der Waals surface area contributed by atoms with Gasteiger partial charge in [0.1, 0.15) is 17.0 Å². The van der Waals surface area contributed by atoms with Gasteiger partial charge in [0, 0.05) is 28.6 Å². The molecule has 1 fully saturated rings. The summed E-state index contributed by atoms with van der Waals surface area (Å²) < 4.78 is 18.7. The summed E-state index contributed by atoms with van der Waals surface area (Å²) in [4.78, 5) is 39.5. The van der Waals surface area contributed by atoms with E-state index in [4.69, 9.17) is 27.9 Å². The third-order valence-corrected chi connectivity index (χ3v) is 6.71. The van der Waals surface area contributed by atoms with Gasteiger partial charge in [-0.2, -0.15) is 0 Å². The van der Waals surface area contributed by atoms with Gasteiger partial charge in [0.15, 0.2) is 0 Å². The summed E-state index contributed by atoms with van der Waals surface area (Å²) >= 11 is 11.5. The minimum Gasteiger partial charge on any atom is -0.464 e. The summed E-state index contributed by atoms with van der Waals surface area (Å²) in [7, 11) is -1.49. The van der Waals surface area contributed by atoms with Crippen molar-refractivity contribution in [3.8, 4) is 0 Å². The minimum atomic E-state index is -1.49. The maximum atomic E-state index is 13.3. The number of rotatable bonds is 8. The molecule has 1 saturated heterocycles. The van der Waals surface area contributed by atoms with E-state index in [0.717, 1.165) is 10.6 Å². The minimum absolute atomic E-state index is 0.0679. The second-order valence-corrected chi connectivity index (χ2v) is 10.2. The van der Waals surface area contributed by atoms with E-state index in [-0.39, 0.29) is 25.0 Å². The highest BCUT2D eigenvalue weighted by atomic mass is 35.5. The summed E-state index contributed by atoms with van der Waals surface area (Å²) in [5.74, 6) is -1.75. The number of carbonyl (C=O) groups is 3. The SMILES string of the molecule is CCOC(=O)C(CC)N1C(=O)C(CC(=O)NS(C)=O)CC[C@H]1c1ccc(Cl)cc1.Clc1ccccc1. The molecule has 0 bridgehead atoms. The fraction of sp³-hybridized carbons (Fsp3) is 0.423. The van der Waals surface area contributed by atoms with Gasteiger partial charge in [0.2, 0.25) is 11.8 Å².